The quantitative estimate of drug-likeness (QED) is 0.859. The Balaban J connectivity index is 1.67. The summed E-state index contributed by atoms with van der Waals surface area (Å²) in [7, 11) is 0. The monoisotopic (exact) mass is 335 g/mol. The second-order valence-electron chi connectivity index (χ2n) is 6.32. The van der Waals surface area contributed by atoms with Crippen LogP contribution in [-0.2, 0) is 9.59 Å². The summed E-state index contributed by atoms with van der Waals surface area (Å²) >= 11 is 0. The Bertz CT molecular complexity index is 571. The van der Waals surface area contributed by atoms with Crippen molar-refractivity contribution in [1.29, 1.82) is 0 Å². The van der Waals surface area contributed by atoms with E-state index in [-0.39, 0.29) is 30.0 Å². The molecule has 0 bridgehead atoms. The molecule has 0 unspecified atom stereocenters. The van der Waals surface area contributed by atoms with Gasteiger partial charge in [-0.25, -0.2) is 4.39 Å². The highest BCUT2D eigenvalue weighted by Gasteiger charge is 2.18. The fraction of sp³-hybridized carbons (Fsp3) is 0.556. The Morgan fingerprint density at radius 1 is 1.21 bits per heavy atom. The average molecular weight is 335 g/mol. The molecule has 1 N–H and O–H groups in total. The van der Waals surface area contributed by atoms with Crippen LogP contribution in [0.4, 0.5) is 4.39 Å². The van der Waals surface area contributed by atoms with Crippen LogP contribution in [0.3, 0.4) is 0 Å². The number of halogens is 1. The van der Waals surface area contributed by atoms with Crippen LogP contribution in [-0.4, -0.2) is 60.9 Å². The topological polar surface area (TPSA) is 52.7 Å². The molecule has 6 heteroatoms. The van der Waals surface area contributed by atoms with E-state index in [2.05, 4.69) is 10.2 Å². The van der Waals surface area contributed by atoms with Crippen LogP contribution in [0.2, 0.25) is 0 Å². The second-order valence-corrected chi connectivity index (χ2v) is 6.32. The molecule has 24 heavy (non-hydrogen) atoms. The standard InChI is InChI=1S/C18H26FN3O2/c1-14(16-5-3-4-6-17(16)19)13-18(24)20-7-8-21-9-11-22(12-10-21)15(2)23/h3-6,14H,7-13H2,1-2H3,(H,20,24)/t14-/m0/s1. The largest absolute Gasteiger partial charge is 0.355 e. The molecule has 1 aliphatic rings. The third kappa shape index (κ3) is 5.30. The zero-order valence-electron chi connectivity index (χ0n) is 14.4. The van der Waals surface area contributed by atoms with E-state index in [1.807, 2.05) is 11.8 Å². The minimum Gasteiger partial charge on any atom is -0.355 e. The molecule has 1 aromatic rings. The summed E-state index contributed by atoms with van der Waals surface area (Å²) in [6.07, 6.45) is 0.277. The number of carbonyl (C=O) groups excluding carboxylic acids is 2. The van der Waals surface area contributed by atoms with Crippen molar-refractivity contribution in [2.24, 2.45) is 0 Å². The van der Waals surface area contributed by atoms with Gasteiger partial charge >= 0.3 is 0 Å². The van der Waals surface area contributed by atoms with Crippen molar-refractivity contribution in [3.63, 3.8) is 0 Å². The van der Waals surface area contributed by atoms with Gasteiger partial charge in [0, 0.05) is 52.6 Å². The number of piperazine rings is 1. The van der Waals surface area contributed by atoms with Gasteiger partial charge in [-0.3, -0.25) is 14.5 Å². The van der Waals surface area contributed by atoms with Crippen LogP contribution in [0.25, 0.3) is 0 Å². The van der Waals surface area contributed by atoms with Crippen molar-refractivity contribution in [2.75, 3.05) is 39.3 Å². The maximum Gasteiger partial charge on any atom is 0.220 e. The van der Waals surface area contributed by atoms with Crippen LogP contribution in [0.5, 0.6) is 0 Å². The van der Waals surface area contributed by atoms with Crippen molar-refractivity contribution in [3.8, 4) is 0 Å². The van der Waals surface area contributed by atoms with Crippen LogP contribution < -0.4 is 5.32 Å². The first-order valence-electron chi connectivity index (χ1n) is 8.46. The number of amides is 2. The molecule has 1 aromatic carbocycles. The normalized spacial score (nSPS) is 16.7. The van der Waals surface area contributed by atoms with Gasteiger partial charge in [-0.15, -0.1) is 0 Å². The lowest BCUT2D eigenvalue weighted by Crippen LogP contribution is -2.49. The highest BCUT2D eigenvalue weighted by atomic mass is 19.1. The molecular weight excluding hydrogens is 309 g/mol. The number of benzene rings is 1. The highest BCUT2D eigenvalue weighted by molar-refractivity contribution is 5.76. The van der Waals surface area contributed by atoms with Crippen molar-refractivity contribution in [1.82, 2.24) is 15.1 Å². The molecule has 1 heterocycles. The number of rotatable bonds is 6. The molecule has 0 aliphatic carbocycles. The van der Waals surface area contributed by atoms with Gasteiger partial charge in [-0.2, -0.15) is 0 Å². The van der Waals surface area contributed by atoms with E-state index >= 15 is 0 Å². The van der Waals surface area contributed by atoms with Gasteiger partial charge in [0.2, 0.25) is 11.8 Å². The van der Waals surface area contributed by atoms with Gasteiger partial charge in [0.15, 0.2) is 0 Å². The number of hydrogen-bond acceptors (Lipinski definition) is 3. The molecule has 2 rings (SSSR count). The molecule has 1 atom stereocenters. The highest BCUT2D eigenvalue weighted by Crippen LogP contribution is 2.21. The predicted molar refractivity (Wildman–Crippen MR) is 91.1 cm³/mol. The number of carbonyl (C=O) groups is 2. The lowest BCUT2D eigenvalue weighted by Gasteiger charge is -2.34. The molecule has 5 nitrogen and oxygen atoms in total. The van der Waals surface area contributed by atoms with Crippen LogP contribution in [0.1, 0.15) is 31.7 Å². The van der Waals surface area contributed by atoms with E-state index in [0.29, 0.717) is 12.1 Å². The summed E-state index contributed by atoms with van der Waals surface area (Å²) < 4.78 is 13.7. The van der Waals surface area contributed by atoms with Crippen LogP contribution >= 0.6 is 0 Å². The summed E-state index contributed by atoms with van der Waals surface area (Å²) in [6.45, 7) is 7.95. The third-order valence-electron chi connectivity index (χ3n) is 4.50. The van der Waals surface area contributed by atoms with E-state index in [9.17, 15) is 14.0 Å². The summed E-state index contributed by atoms with van der Waals surface area (Å²) in [5.74, 6) is -0.357. The lowest BCUT2D eigenvalue weighted by molar-refractivity contribution is -0.130. The van der Waals surface area contributed by atoms with Gasteiger partial charge < -0.3 is 10.2 Å². The van der Waals surface area contributed by atoms with E-state index in [1.54, 1.807) is 25.1 Å². The van der Waals surface area contributed by atoms with Gasteiger partial charge in [0.1, 0.15) is 5.82 Å². The molecular formula is C18H26FN3O2. The Labute approximate surface area is 142 Å². The number of nitrogens with one attached hydrogen (secondary N) is 1. The fourth-order valence-electron chi connectivity index (χ4n) is 2.97. The zero-order valence-corrected chi connectivity index (χ0v) is 14.4. The molecule has 0 aromatic heterocycles. The first-order valence-corrected chi connectivity index (χ1v) is 8.46. The van der Waals surface area contributed by atoms with Crippen molar-refractivity contribution >= 4 is 11.8 Å². The Hall–Kier alpha value is -1.95. The fourth-order valence-corrected chi connectivity index (χ4v) is 2.97. The van der Waals surface area contributed by atoms with E-state index in [4.69, 9.17) is 0 Å². The Morgan fingerprint density at radius 3 is 2.50 bits per heavy atom. The average Bonchev–Trinajstić information content (AvgIpc) is 2.55. The van der Waals surface area contributed by atoms with Crippen molar-refractivity contribution in [3.05, 3.63) is 35.6 Å². The first-order chi connectivity index (χ1) is 11.5. The summed E-state index contributed by atoms with van der Waals surface area (Å²) in [5.41, 5.74) is 0.577. The second kappa shape index (κ2) is 8.78. The van der Waals surface area contributed by atoms with E-state index < -0.39 is 0 Å². The summed E-state index contributed by atoms with van der Waals surface area (Å²) in [4.78, 5) is 27.4. The third-order valence-corrected chi connectivity index (χ3v) is 4.50. The van der Waals surface area contributed by atoms with Crippen LogP contribution in [0.15, 0.2) is 24.3 Å². The molecule has 1 aliphatic heterocycles. The molecule has 0 radical (unpaired) electrons. The molecule has 1 saturated heterocycles. The SMILES string of the molecule is CC(=O)N1CCN(CCNC(=O)C[C@H](C)c2ccccc2F)CC1. The predicted octanol–water partition coefficient (Wildman–Crippen LogP) is 1.60. The van der Waals surface area contributed by atoms with E-state index in [1.165, 1.54) is 6.07 Å². The first kappa shape index (κ1) is 18.4. The van der Waals surface area contributed by atoms with E-state index in [0.717, 1.165) is 32.7 Å². The lowest BCUT2D eigenvalue weighted by atomic mass is 9.97. The minimum absolute atomic E-state index is 0.0619. The number of nitrogens with zero attached hydrogens (tertiary/aromatic N) is 2. The van der Waals surface area contributed by atoms with Gasteiger partial charge in [-0.1, -0.05) is 25.1 Å². The Kier molecular flexibility index (Phi) is 6.73. The maximum atomic E-state index is 13.7. The molecule has 2 amide bonds. The van der Waals surface area contributed by atoms with Crippen LogP contribution in [0, 0.1) is 5.82 Å². The minimum atomic E-state index is -0.263. The zero-order chi connectivity index (χ0) is 17.5. The Morgan fingerprint density at radius 2 is 1.88 bits per heavy atom. The maximum absolute atomic E-state index is 13.7. The van der Waals surface area contributed by atoms with Crippen molar-refractivity contribution < 1.29 is 14.0 Å². The number of hydrogen-bond donors (Lipinski definition) is 1. The summed E-state index contributed by atoms with van der Waals surface area (Å²) in [6, 6.07) is 6.58. The van der Waals surface area contributed by atoms with Gasteiger partial charge in [0.05, 0.1) is 0 Å². The summed E-state index contributed by atoms with van der Waals surface area (Å²) in [5, 5.41) is 2.90. The molecule has 0 spiro atoms. The van der Waals surface area contributed by atoms with Gasteiger partial charge in [0.25, 0.3) is 0 Å². The smallest absolute Gasteiger partial charge is 0.220 e. The van der Waals surface area contributed by atoms with Gasteiger partial charge in [-0.05, 0) is 17.5 Å². The van der Waals surface area contributed by atoms with Crippen molar-refractivity contribution in [2.45, 2.75) is 26.2 Å². The molecule has 1 fully saturated rings. The molecule has 132 valence electrons. The molecule has 0 saturated carbocycles.